The fourth-order valence-electron chi connectivity index (χ4n) is 2.38. The number of halogens is 3. The first-order valence-electron chi connectivity index (χ1n) is 7.38. The summed E-state index contributed by atoms with van der Waals surface area (Å²) in [7, 11) is 0. The molecule has 0 spiro atoms. The van der Waals surface area contributed by atoms with Gasteiger partial charge >= 0.3 is 6.18 Å². The van der Waals surface area contributed by atoms with Crippen molar-refractivity contribution in [1.29, 1.82) is 0 Å². The quantitative estimate of drug-likeness (QED) is 0.654. The number of hydrogen-bond donors (Lipinski definition) is 0. The Bertz CT molecular complexity index is 848. The van der Waals surface area contributed by atoms with Crippen molar-refractivity contribution in [3.05, 3.63) is 82.3 Å². The van der Waals surface area contributed by atoms with Crippen molar-refractivity contribution < 1.29 is 18.0 Å². The highest BCUT2D eigenvalue weighted by atomic mass is 32.1. The van der Waals surface area contributed by atoms with E-state index in [-0.39, 0.29) is 6.54 Å². The normalized spacial score (nSPS) is 11.3. The fourth-order valence-corrected chi connectivity index (χ4v) is 3.13. The smallest absolute Gasteiger partial charge is 0.303 e. The van der Waals surface area contributed by atoms with E-state index in [0.29, 0.717) is 17.0 Å². The van der Waals surface area contributed by atoms with Crippen molar-refractivity contribution in [3.63, 3.8) is 0 Å². The largest absolute Gasteiger partial charge is 0.434 e. The summed E-state index contributed by atoms with van der Waals surface area (Å²) in [5.74, 6) is -0.718. The molecule has 1 amide bonds. The Morgan fingerprint density at radius 2 is 1.60 bits per heavy atom. The van der Waals surface area contributed by atoms with Gasteiger partial charge in [-0.25, -0.2) is 4.98 Å². The van der Waals surface area contributed by atoms with Crippen LogP contribution in [0.1, 0.15) is 20.9 Å². The molecule has 0 saturated carbocycles. The van der Waals surface area contributed by atoms with Gasteiger partial charge in [0.1, 0.15) is 4.88 Å². The van der Waals surface area contributed by atoms with Crippen LogP contribution in [0.4, 0.5) is 18.9 Å². The van der Waals surface area contributed by atoms with Crippen molar-refractivity contribution in [1.82, 2.24) is 4.98 Å². The number of carbonyl (C=O) groups is 1. The van der Waals surface area contributed by atoms with Crippen LogP contribution in [-0.2, 0) is 12.7 Å². The number of alkyl halides is 3. The number of amides is 1. The first kappa shape index (κ1) is 17.2. The number of benzene rings is 2. The molecule has 0 aliphatic heterocycles. The third kappa shape index (κ3) is 3.88. The first-order valence-corrected chi connectivity index (χ1v) is 8.26. The van der Waals surface area contributed by atoms with E-state index in [1.165, 1.54) is 4.90 Å². The molecule has 0 N–H and O–H groups in total. The summed E-state index contributed by atoms with van der Waals surface area (Å²) in [4.78, 5) is 17.1. The maximum atomic E-state index is 13.1. The molecule has 0 aliphatic carbocycles. The summed E-state index contributed by atoms with van der Waals surface area (Å²) >= 11 is 0.696. The molecule has 0 fully saturated rings. The van der Waals surface area contributed by atoms with Gasteiger partial charge in [-0.2, -0.15) is 13.2 Å². The lowest BCUT2D eigenvalue weighted by atomic mass is 10.2. The third-order valence-corrected chi connectivity index (χ3v) is 4.34. The second kappa shape index (κ2) is 7.06. The Kier molecular flexibility index (Phi) is 4.85. The van der Waals surface area contributed by atoms with E-state index in [2.05, 4.69) is 4.98 Å². The molecule has 2 aromatic carbocycles. The Labute approximate surface area is 146 Å². The minimum absolute atomic E-state index is 0.166. The number of carbonyl (C=O) groups excluding carboxylic acids is 1. The highest BCUT2D eigenvalue weighted by molar-refractivity contribution is 7.12. The van der Waals surface area contributed by atoms with Crippen LogP contribution in [0.5, 0.6) is 0 Å². The van der Waals surface area contributed by atoms with E-state index in [1.54, 1.807) is 30.3 Å². The maximum Gasteiger partial charge on any atom is 0.434 e. The zero-order chi connectivity index (χ0) is 17.9. The lowest BCUT2D eigenvalue weighted by Gasteiger charge is -2.23. The van der Waals surface area contributed by atoms with Gasteiger partial charge in [0, 0.05) is 5.69 Å². The van der Waals surface area contributed by atoms with E-state index >= 15 is 0 Å². The molecular weight excluding hydrogens is 349 g/mol. The summed E-state index contributed by atoms with van der Waals surface area (Å²) < 4.78 is 39.3. The molecular formula is C18H13F3N2OS. The van der Waals surface area contributed by atoms with Gasteiger partial charge in [0.05, 0.1) is 12.1 Å². The predicted octanol–water partition coefficient (Wildman–Crippen LogP) is 5.01. The van der Waals surface area contributed by atoms with E-state index in [9.17, 15) is 18.0 Å². The highest BCUT2D eigenvalue weighted by Gasteiger charge is 2.39. The topological polar surface area (TPSA) is 33.2 Å². The zero-order valence-electron chi connectivity index (χ0n) is 12.9. The minimum Gasteiger partial charge on any atom is -0.303 e. The van der Waals surface area contributed by atoms with Gasteiger partial charge in [-0.05, 0) is 17.7 Å². The molecule has 3 nitrogen and oxygen atoms in total. The molecule has 3 aromatic rings. The molecule has 0 unspecified atom stereocenters. The number of aromatic nitrogens is 1. The van der Waals surface area contributed by atoms with Crippen LogP contribution in [0, 0.1) is 0 Å². The van der Waals surface area contributed by atoms with E-state index < -0.39 is 22.7 Å². The van der Waals surface area contributed by atoms with E-state index in [4.69, 9.17) is 0 Å². The summed E-state index contributed by atoms with van der Waals surface area (Å²) in [5, 5.41) is 0. The Balaban J connectivity index is 2.00. The molecule has 0 aliphatic rings. The van der Waals surface area contributed by atoms with Gasteiger partial charge < -0.3 is 4.90 Å². The predicted molar refractivity (Wildman–Crippen MR) is 90.5 cm³/mol. The second-order valence-corrected chi connectivity index (χ2v) is 6.10. The number of nitrogens with zero attached hydrogens (tertiary/aromatic N) is 2. The van der Waals surface area contributed by atoms with Crippen LogP contribution >= 0.6 is 11.3 Å². The maximum absolute atomic E-state index is 13.1. The summed E-state index contributed by atoms with van der Waals surface area (Å²) in [5.41, 5.74) is 1.24. The highest BCUT2D eigenvalue weighted by Crippen LogP contribution is 2.34. The van der Waals surface area contributed by atoms with Gasteiger partial charge in [-0.15, -0.1) is 11.3 Å². The fraction of sp³-hybridized carbons (Fsp3) is 0.111. The number of thiazole rings is 1. The minimum atomic E-state index is -4.67. The molecule has 3 rings (SSSR count). The average molecular weight is 362 g/mol. The summed E-state index contributed by atoms with van der Waals surface area (Å²) in [6.45, 7) is 0.166. The van der Waals surface area contributed by atoms with Crippen molar-refractivity contribution in [3.8, 4) is 0 Å². The van der Waals surface area contributed by atoms with Crippen LogP contribution < -0.4 is 4.90 Å². The van der Waals surface area contributed by atoms with Crippen LogP contribution in [-0.4, -0.2) is 10.9 Å². The first-order chi connectivity index (χ1) is 12.0. The van der Waals surface area contributed by atoms with Crippen LogP contribution in [0.15, 0.2) is 66.2 Å². The van der Waals surface area contributed by atoms with Gasteiger partial charge in [-0.3, -0.25) is 4.79 Å². The Hall–Kier alpha value is -2.67. The molecule has 0 saturated heterocycles. The second-order valence-electron chi connectivity index (χ2n) is 5.24. The van der Waals surface area contributed by atoms with E-state index in [0.717, 1.165) is 11.1 Å². The van der Waals surface area contributed by atoms with Crippen molar-refractivity contribution in [2.24, 2.45) is 0 Å². The molecule has 128 valence electrons. The number of para-hydroxylation sites is 1. The Morgan fingerprint density at radius 1 is 1.00 bits per heavy atom. The van der Waals surface area contributed by atoms with Crippen LogP contribution in [0.25, 0.3) is 0 Å². The molecule has 7 heteroatoms. The zero-order valence-corrected chi connectivity index (χ0v) is 13.7. The molecule has 0 radical (unpaired) electrons. The number of hydrogen-bond acceptors (Lipinski definition) is 3. The monoisotopic (exact) mass is 362 g/mol. The van der Waals surface area contributed by atoms with Crippen LogP contribution in [0.3, 0.4) is 0 Å². The van der Waals surface area contributed by atoms with Crippen molar-refractivity contribution >= 4 is 22.9 Å². The molecule has 0 bridgehead atoms. The SMILES string of the molecule is O=C(c1scnc1C(F)(F)F)N(Cc1ccccc1)c1ccccc1. The molecule has 1 aromatic heterocycles. The van der Waals surface area contributed by atoms with Crippen molar-refractivity contribution in [2.75, 3.05) is 4.90 Å². The number of rotatable bonds is 4. The van der Waals surface area contributed by atoms with Crippen LogP contribution in [0.2, 0.25) is 0 Å². The van der Waals surface area contributed by atoms with Crippen molar-refractivity contribution in [2.45, 2.75) is 12.7 Å². The van der Waals surface area contributed by atoms with Gasteiger partial charge in [0.15, 0.2) is 5.69 Å². The summed E-state index contributed by atoms with van der Waals surface area (Å²) in [6, 6.07) is 17.7. The standard InChI is InChI=1S/C18H13F3N2OS/c19-18(20,21)16-15(25-12-22-16)17(24)23(14-9-5-2-6-10-14)11-13-7-3-1-4-8-13/h1-10,12H,11H2. The molecule has 25 heavy (non-hydrogen) atoms. The van der Waals surface area contributed by atoms with Gasteiger partial charge in [-0.1, -0.05) is 48.5 Å². The molecule has 0 atom stereocenters. The Morgan fingerprint density at radius 3 is 2.20 bits per heavy atom. The number of anilines is 1. The molecule has 1 heterocycles. The lowest BCUT2D eigenvalue weighted by Crippen LogP contribution is -2.31. The lowest BCUT2D eigenvalue weighted by molar-refractivity contribution is -0.141. The van der Waals surface area contributed by atoms with E-state index in [1.807, 2.05) is 30.3 Å². The average Bonchev–Trinajstić information content (AvgIpc) is 3.11. The van der Waals surface area contributed by atoms with Gasteiger partial charge in [0.2, 0.25) is 0 Å². The van der Waals surface area contributed by atoms with Gasteiger partial charge in [0.25, 0.3) is 5.91 Å². The summed E-state index contributed by atoms with van der Waals surface area (Å²) in [6.07, 6.45) is -4.67. The third-order valence-electron chi connectivity index (χ3n) is 3.53.